The van der Waals surface area contributed by atoms with Crippen LogP contribution >= 0.6 is 35.0 Å². The Morgan fingerprint density at radius 3 is 2.53 bits per heavy atom. The number of amidine groups is 1. The number of piperidine rings is 1. The van der Waals surface area contributed by atoms with Crippen LogP contribution in [-0.4, -0.2) is 40.7 Å². The summed E-state index contributed by atoms with van der Waals surface area (Å²) in [5.41, 5.74) is 2.67. The number of carbonyl (C=O) groups excluding carboxylic acids is 2. The van der Waals surface area contributed by atoms with Crippen LogP contribution in [0.3, 0.4) is 0 Å². The summed E-state index contributed by atoms with van der Waals surface area (Å²) in [6.45, 7) is 3.58. The van der Waals surface area contributed by atoms with E-state index in [0.717, 1.165) is 31.5 Å². The van der Waals surface area contributed by atoms with E-state index in [1.165, 1.54) is 18.2 Å². The minimum Gasteiger partial charge on any atom is -0.342 e. The van der Waals surface area contributed by atoms with Gasteiger partial charge in [-0.3, -0.25) is 14.5 Å². The Balaban J connectivity index is 1.62. The summed E-state index contributed by atoms with van der Waals surface area (Å²) >= 11 is 13.7. The van der Waals surface area contributed by atoms with Crippen LogP contribution in [0, 0.1) is 6.92 Å². The van der Waals surface area contributed by atoms with Crippen molar-refractivity contribution in [2.45, 2.75) is 26.2 Å². The van der Waals surface area contributed by atoms with E-state index in [-0.39, 0.29) is 23.3 Å². The molecule has 0 N–H and O–H groups in total. The van der Waals surface area contributed by atoms with E-state index in [0.29, 0.717) is 26.5 Å². The fraction of sp³-hybridized carbons (Fsp3) is 0.292. The van der Waals surface area contributed by atoms with Crippen molar-refractivity contribution in [3.8, 4) is 0 Å². The summed E-state index contributed by atoms with van der Waals surface area (Å²) in [6, 6.07) is 12.9. The van der Waals surface area contributed by atoms with Gasteiger partial charge in [0.05, 0.1) is 21.5 Å². The smallest absolute Gasteiger partial charge is 0.283 e. The average molecular weight is 488 g/mol. The first-order valence-corrected chi connectivity index (χ1v) is 12.2. The van der Waals surface area contributed by atoms with Crippen molar-refractivity contribution in [1.82, 2.24) is 4.90 Å². The molecular weight excluding hydrogens is 465 g/mol. The second-order valence-electron chi connectivity index (χ2n) is 7.77. The van der Waals surface area contributed by atoms with Gasteiger partial charge in [0.1, 0.15) is 5.70 Å². The summed E-state index contributed by atoms with van der Waals surface area (Å²) < 4.78 is 0. The summed E-state index contributed by atoms with van der Waals surface area (Å²) in [6.07, 6.45) is 4.88. The molecule has 166 valence electrons. The van der Waals surface area contributed by atoms with Crippen LogP contribution in [0.5, 0.6) is 0 Å². The molecule has 0 unspecified atom stereocenters. The summed E-state index contributed by atoms with van der Waals surface area (Å²) in [5.74, 6) is 0.0430. The second-order valence-corrected chi connectivity index (χ2v) is 9.50. The standard InChI is InChI=1S/C24H23Cl2N3O2S/c1-16-8-10-18(11-9-16)29-23(31)20(14-17-6-5-7-19(25)22(17)26)27-24(29)32-15-21(30)28-12-3-2-4-13-28/h5-11,14H,2-4,12-13,15H2,1H3. The molecule has 0 saturated carbocycles. The number of rotatable bonds is 4. The van der Waals surface area contributed by atoms with Gasteiger partial charge in [-0.05, 0) is 56.0 Å². The average Bonchev–Trinajstić information content (AvgIpc) is 3.11. The number of amides is 2. The van der Waals surface area contributed by atoms with Gasteiger partial charge in [-0.1, -0.05) is 64.8 Å². The molecule has 0 aliphatic carbocycles. The van der Waals surface area contributed by atoms with E-state index in [4.69, 9.17) is 23.2 Å². The van der Waals surface area contributed by atoms with E-state index in [2.05, 4.69) is 4.99 Å². The van der Waals surface area contributed by atoms with Gasteiger partial charge >= 0.3 is 0 Å². The first-order chi connectivity index (χ1) is 15.4. The predicted octanol–water partition coefficient (Wildman–Crippen LogP) is 5.79. The van der Waals surface area contributed by atoms with Gasteiger partial charge in [-0.2, -0.15) is 0 Å². The lowest BCUT2D eigenvalue weighted by Crippen LogP contribution is -2.38. The number of aliphatic imine (C=N–C) groups is 1. The fourth-order valence-electron chi connectivity index (χ4n) is 3.65. The number of benzene rings is 2. The summed E-state index contributed by atoms with van der Waals surface area (Å²) in [7, 11) is 0. The van der Waals surface area contributed by atoms with Crippen LogP contribution in [0.4, 0.5) is 5.69 Å². The molecule has 4 rings (SSSR count). The molecule has 1 saturated heterocycles. The Morgan fingerprint density at radius 1 is 1.09 bits per heavy atom. The lowest BCUT2D eigenvalue weighted by molar-refractivity contribution is -0.129. The maximum absolute atomic E-state index is 13.3. The quantitative estimate of drug-likeness (QED) is 0.512. The van der Waals surface area contributed by atoms with Crippen molar-refractivity contribution >= 4 is 63.7 Å². The van der Waals surface area contributed by atoms with Crippen molar-refractivity contribution in [3.05, 3.63) is 69.3 Å². The first-order valence-electron chi connectivity index (χ1n) is 10.5. The zero-order valence-electron chi connectivity index (χ0n) is 17.7. The monoisotopic (exact) mass is 487 g/mol. The van der Waals surface area contributed by atoms with E-state index < -0.39 is 0 Å². The van der Waals surface area contributed by atoms with E-state index in [1.807, 2.05) is 36.1 Å². The summed E-state index contributed by atoms with van der Waals surface area (Å²) in [5, 5.41) is 1.26. The zero-order valence-corrected chi connectivity index (χ0v) is 20.0. The minimum absolute atomic E-state index is 0.0732. The number of likely N-dealkylation sites (tertiary alicyclic amines) is 1. The highest BCUT2D eigenvalue weighted by Crippen LogP contribution is 2.32. The molecule has 0 atom stereocenters. The van der Waals surface area contributed by atoms with Crippen LogP contribution in [0.1, 0.15) is 30.4 Å². The SMILES string of the molecule is Cc1ccc(N2C(=O)C(=Cc3cccc(Cl)c3Cl)N=C2SCC(=O)N2CCCCC2)cc1. The Kier molecular flexibility index (Phi) is 7.23. The van der Waals surface area contributed by atoms with Crippen LogP contribution in [0.15, 0.2) is 53.2 Å². The predicted molar refractivity (Wildman–Crippen MR) is 133 cm³/mol. The number of hydrogen-bond acceptors (Lipinski definition) is 4. The van der Waals surface area contributed by atoms with E-state index in [1.54, 1.807) is 29.2 Å². The Bertz CT molecular complexity index is 1090. The van der Waals surface area contributed by atoms with Gasteiger partial charge < -0.3 is 4.90 Å². The number of hydrogen-bond donors (Lipinski definition) is 0. The largest absolute Gasteiger partial charge is 0.342 e. The van der Waals surface area contributed by atoms with Gasteiger partial charge in [-0.25, -0.2) is 4.99 Å². The molecule has 0 aromatic heterocycles. The molecule has 8 heteroatoms. The van der Waals surface area contributed by atoms with Crippen molar-refractivity contribution < 1.29 is 9.59 Å². The lowest BCUT2D eigenvalue weighted by atomic mass is 10.1. The Hall–Kier alpha value is -2.28. The van der Waals surface area contributed by atoms with Gasteiger partial charge in [-0.15, -0.1) is 0 Å². The molecular formula is C24H23Cl2N3O2S. The van der Waals surface area contributed by atoms with Crippen LogP contribution in [0.25, 0.3) is 6.08 Å². The van der Waals surface area contributed by atoms with Gasteiger partial charge in [0, 0.05) is 13.1 Å². The molecule has 2 aliphatic rings. The molecule has 0 bridgehead atoms. The van der Waals surface area contributed by atoms with Gasteiger partial charge in [0.25, 0.3) is 5.91 Å². The fourth-order valence-corrected chi connectivity index (χ4v) is 4.93. The number of carbonyl (C=O) groups is 2. The third kappa shape index (κ3) is 5.03. The molecule has 32 heavy (non-hydrogen) atoms. The highest BCUT2D eigenvalue weighted by atomic mass is 35.5. The van der Waals surface area contributed by atoms with Crippen LogP contribution < -0.4 is 4.90 Å². The highest BCUT2D eigenvalue weighted by Gasteiger charge is 2.33. The molecule has 0 spiro atoms. The van der Waals surface area contributed by atoms with E-state index in [9.17, 15) is 9.59 Å². The van der Waals surface area contributed by atoms with Gasteiger partial charge in [0.2, 0.25) is 5.91 Å². The molecule has 2 heterocycles. The molecule has 2 aromatic carbocycles. The minimum atomic E-state index is -0.266. The molecule has 0 radical (unpaired) electrons. The number of halogens is 2. The molecule has 2 amide bonds. The summed E-state index contributed by atoms with van der Waals surface area (Å²) in [4.78, 5) is 34.0. The molecule has 1 fully saturated rings. The maximum atomic E-state index is 13.3. The number of nitrogens with zero attached hydrogens (tertiary/aromatic N) is 3. The third-order valence-corrected chi connectivity index (χ3v) is 7.19. The molecule has 2 aromatic rings. The van der Waals surface area contributed by atoms with Crippen molar-refractivity contribution in [1.29, 1.82) is 0 Å². The number of thioether (sulfide) groups is 1. The maximum Gasteiger partial charge on any atom is 0.283 e. The topological polar surface area (TPSA) is 53.0 Å². The highest BCUT2D eigenvalue weighted by molar-refractivity contribution is 8.14. The van der Waals surface area contributed by atoms with E-state index >= 15 is 0 Å². The number of anilines is 1. The number of aryl methyl sites for hydroxylation is 1. The first kappa shape index (κ1) is 22.9. The Morgan fingerprint density at radius 2 is 1.81 bits per heavy atom. The molecule has 2 aliphatic heterocycles. The van der Waals surface area contributed by atoms with Crippen molar-refractivity contribution in [2.24, 2.45) is 4.99 Å². The van der Waals surface area contributed by atoms with Crippen molar-refractivity contribution in [3.63, 3.8) is 0 Å². The van der Waals surface area contributed by atoms with Crippen molar-refractivity contribution in [2.75, 3.05) is 23.7 Å². The van der Waals surface area contributed by atoms with Crippen LogP contribution in [0.2, 0.25) is 10.0 Å². The lowest BCUT2D eigenvalue weighted by Gasteiger charge is -2.26. The molecule has 5 nitrogen and oxygen atoms in total. The van der Waals surface area contributed by atoms with Gasteiger partial charge in [0.15, 0.2) is 5.17 Å². The second kappa shape index (κ2) is 10.1. The Labute approximate surface area is 202 Å². The van der Waals surface area contributed by atoms with Crippen LogP contribution in [-0.2, 0) is 9.59 Å². The zero-order chi connectivity index (χ0) is 22.7. The normalized spacial score (nSPS) is 17.8. The third-order valence-electron chi connectivity index (χ3n) is 5.43.